The Hall–Kier alpha value is -1.85. The molecule has 1 unspecified atom stereocenters. The molecule has 0 heterocycles. The highest BCUT2D eigenvalue weighted by molar-refractivity contribution is 5.95. The summed E-state index contributed by atoms with van der Waals surface area (Å²) in [4.78, 5) is 32.4. The van der Waals surface area contributed by atoms with Crippen molar-refractivity contribution in [1.82, 2.24) is 10.6 Å². The molecule has 0 saturated carbocycles. The third-order valence-corrected chi connectivity index (χ3v) is 1.72. The van der Waals surface area contributed by atoms with Crippen LogP contribution in [-0.2, 0) is 9.59 Å². The van der Waals surface area contributed by atoms with Crippen molar-refractivity contribution >= 4 is 17.9 Å². The summed E-state index contributed by atoms with van der Waals surface area (Å²) in [6.07, 6.45) is 1.74. The fraction of sp³-hybridized carbons (Fsp3) is 0.500. The minimum Gasteiger partial charge on any atom is -0.481 e. The Morgan fingerprint density at radius 2 is 2.00 bits per heavy atom. The van der Waals surface area contributed by atoms with E-state index in [9.17, 15) is 14.4 Å². The van der Waals surface area contributed by atoms with Gasteiger partial charge in [0.2, 0.25) is 5.91 Å². The molecule has 0 aliphatic carbocycles. The zero-order chi connectivity index (χ0) is 12.6. The van der Waals surface area contributed by atoms with E-state index >= 15 is 0 Å². The van der Waals surface area contributed by atoms with E-state index in [1.807, 2.05) is 5.32 Å². The molecule has 0 spiro atoms. The molecule has 6 heteroatoms. The molecule has 0 aromatic carbocycles. The first-order valence-corrected chi connectivity index (χ1v) is 4.88. The lowest BCUT2D eigenvalue weighted by Crippen LogP contribution is -2.43. The largest absolute Gasteiger partial charge is 0.481 e. The van der Waals surface area contributed by atoms with Gasteiger partial charge in [0.15, 0.2) is 0 Å². The van der Waals surface area contributed by atoms with Gasteiger partial charge < -0.3 is 10.4 Å². The number of carbonyl (C=O) groups is 3. The van der Waals surface area contributed by atoms with Gasteiger partial charge in [-0.05, 0) is 13.3 Å². The first-order valence-electron chi connectivity index (χ1n) is 4.88. The Morgan fingerprint density at radius 3 is 2.50 bits per heavy atom. The van der Waals surface area contributed by atoms with Gasteiger partial charge in [0.05, 0.1) is 6.42 Å². The van der Waals surface area contributed by atoms with Crippen molar-refractivity contribution in [2.24, 2.45) is 0 Å². The Balaban J connectivity index is 3.82. The van der Waals surface area contributed by atoms with Crippen LogP contribution in [0, 0.1) is 0 Å². The molecule has 0 saturated heterocycles. The van der Waals surface area contributed by atoms with Gasteiger partial charge in [-0.2, -0.15) is 0 Å². The Morgan fingerprint density at radius 1 is 1.38 bits per heavy atom. The number of carboxylic acids is 1. The molecule has 0 fully saturated rings. The van der Waals surface area contributed by atoms with Crippen molar-refractivity contribution in [3.05, 3.63) is 12.7 Å². The summed E-state index contributed by atoms with van der Waals surface area (Å²) in [6.45, 7) is 5.28. The maximum Gasteiger partial charge on any atom is 0.321 e. The fourth-order valence-electron chi connectivity index (χ4n) is 0.978. The smallest absolute Gasteiger partial charge is 0.321 e. The molecule has 0 radical (unpaired) electrons. The summed E-state index contributed by atoms with van der Waals surface area (Å²) < 4.78 is 0. The van der Waals surface area contributed by atoms with Crippen LogP contribution in [-0.4, -0.2) is 29.1 Å². The van der Waals surface area contributed by atoms with E-state index in [1.54, 1.807) is 13.0 Å². The number of carbonyl (C=O) groups excluding carboxylic acids is 2. The number of rotatable bonds is 6. The van der Waals surface area contributed by atoms with Gasteiger partial charge in [-0.3, -0.25) is 14.9 Å². The fourth-order valence-corrected chi connectivity index (χ4v) is 0.978. The average Bonchev–Trinajstić information content (AvgIpc) is 2.14. The summed E-state index contributed by atoms with van der Waals surface area (Å²) in [6, 6.07) is -0.741. The van der Waals surface area contributed by atoms with Gasteiger partial charge in [0.1, 0.15) is 0 Å². The van der Waals surface area contributed by atoms with Crippen LogP contribution in [0.1, 0.15) is 26.2 Å². The molecule has 0 rings (SSSR count). The standard InChI is InChI=1S/C10H16N2O4/c1-3-4-7(2)11-10(16)12-8(13)5-6-9(14)15/h3,7H,1,4-6H2,2H3,(H,14,15)(H2,11,12,13,16). The van der Waals surface area contributed by atoms with Gasteiger partial charge in [-0.15, -0.1) is 6.58 Å². The molecule has 0 aliphatic rings. The van der Waals surface area contributed by atoms with Crippen molar-refractivity contribution in [1.29, 1.82) is 0 Å². The third kappa shape index (κ3) is 7.54. The van der Waals surface area contributed by atoms with Crippen LogP contribution >= 0.6 is 0 Å². The van der Waals surface area contributed by atoms with E-state index in [-0.39, 0.29) is 18.9 Å². The quantitative estimate of drug-likeness (QED) is 0.581. The number of nitrogens with one attached hydrogen (secondary N) is 2. The molecule has 1 atom stereocenters. The van der Waals surface area contributed by atoms with Crippen molar-refractivity contribution in [3.63, 3.8) is 0 Å². The van der Waals surface area contributed by atoms with Crippen LogP contribution < -0.4 is 10.6 Å². The molecule has 0 bridgehead atoms. The topological polar surface area (TPSA) is 95.5 Å². The highest BCUT2D eigenvalue weighted by atomic mass is 16.4. The maximum atomic E-state index is 11.2. The minimum atomic E-state index is -1.07. The molecule has 6 nitrogen and oxygen atoms in total. The van der Waals surface area contributed by atoms with Gasteiger partial charge in [0.25, 0.3) is 0 Å². The van der Waals surface area contributed by atoms with Crippen LogP contribution in [0.2, 0.25) is 0 Å². The van der Waals surface area contributed by atoms with E-state index in [2.05, 4.69) is 11.9 Å². The van der Waals surface area contributed by atoms with E-state index in [1.165, 1.54) is 0 Å². The molecule has 16 heavy (non-hydrogen) atoms. The molecular formula is C10H16N2O4. The average molecular weight is 228 g/mol. The van der Waals surface area contributed by atoms with Crippen molar-refractivity contribution < 1.29 is 19.5 Å². The zero-order valence-electron chi connectivity index (χ0n) is 9.16. The monoisotopic (exact) mass is 228 g/mol. The van der Waals surface area contributed by atoms with E-state index in [0.717, 1.165) is 0 Å². The lowest BCUT2D eigenvalue weighted by molar-refractivity contribution is -0.138. The number of amides is 3. The second-order valence-electron chi connectivity index (χ2n) is 3.34. The number of hydrogen-bond donors (Lipinski definition) is 3. The Kier molecular flexibility index (Phi) is 6.58. The first kappa shape index (κ1) is 14.2. The summed E-state index contributed by atoms with van der Waals surface area (Å²) in [5.74, 6) is -1.68. The Labute approximate surface area is 93.7 Å². The molecule has 0 aromatic heterocycles. The molecule has 3 N–H and O–H groups in total. The van der Waals surface area contributed by atoms with Gasteiger partial charge in [-0.25, -0.2) is 4.79 Å². The molecule has 3 amide bonds. The van der Waals surface area contributed by atoms with Gasteiger partial charge in [-0.1, -0.05) is 6.08 Å². The summed E-state index contributed by atoms with van der Waals surface area (Å²) in [5, 5.41) is 12.9. The normalized spacial score (nSPS) is 11.3. The molecule has 0 aliphatic heterocycles. The first-order chi connectivity index (χ1) is 7.45. The second-order valence-corrected chi connectivity index (χ2v) is 3.34. The molecular weight excluding hydrogens is 212 g/mol. The second kappa shape index (κ2) is 7.44. The zero-order valence-corrected chi connectivity index (χ0v) is 9.16. The summed E-state index contributed by atoms with van der Waals surface area (Å²) in [7, 11) is 0. The van der Waals surface area contributed by atoms with Gasteiger partial charge in [0, 0.05) is 12.5 Å². The number of imide groups is 1. The predicted octanol–water partition coefficient (Wildman–Crippen LogP) is 0.642. The van der Waals surface area contributed by atoms with Gasteiger partial charge >= 0.3 is 12.0 Å². The molecule has 0 aromatic rings. The number of urea groups is 1. The van der Waals surface area contributed by atoms with E-state index in [4.69, 9.17) is 5.11 Å². The third-order valence-electron chi connectivity index (χ3n) is 1.72. The summed E-state index contributed by atoms with van der Waals surface area (Å²) >= 11 is 0. The highest BCUT2D eigenvalue weighted by Gasteiger charge is 2.10. The van der Waals surface area contributed by atoms with Crippen LogP contribution in [0.25, 0.3) is 0 Å². The van der Waals surface area contributed by atoms with E-state index in [0.29, 0.717) is 6.42 Å². The molecule has 90 valence electrons. The number of hydrogen-bond acceptors (Lipinski definition) is 3. The lowest BCUT2D eigenvalue weighted by atomic mass is 10.2. The van der Waals surface area contributed by atoms with Crippen molar-refractivity contribution in [2.75, 3.05) is 0 Å². The number of aliphatic carboxylic acids is 1. The van der Waals surface area contributed by atoms with Crippen LogP contribution in [0.3, 0.4) is 0 Å². The Bertz CT molecular complexity index is 289. The highest BCUT2D eigenvalue weighted by Crippen LogP contribution is 1.91. The SMILES string of the molecule is C=CCC(C)NC(=O)NC(=O)CCC(=O)O. The number of carboxylic acid groups (broad SMARTS) is 1. The van der Waals surface area contributed by atoms with Crippen LogP contribution in [0.15, 0.2) is 12.7 Å². The lowest BCUT2D eigenvalue weighted by Gasteiger charge is -2.11. The van der Waals surface area contributed by atoms with Crippen LogP contribution in [0.5, 0.6) is 0 Å². The maximum absolute atomic E-state index is 11.2. The minimum absolute atomic E-state index is 0.121. The van der Waals surface area contributed by atoms with Crippen molar-refractivity contribution in [3.8, 4) is 0 Å². The predicted molar refractivity (Wildman–Crippen MR) is 57.8 cm³/mol. The van der Waals surface area contributed by atoms with Crippen LogP contribution in [0.4, 0.5) is 4.79 Å². The van der Waals surface area contributed by atoms with Crippen molar-refractivity contribution in [2.45, 2.75) is 32.2 Å². The summed E-state index contributed by atoms with van der Waals surface area (Å²) in [5.41, 5.74) is 0. The van der Waals surface area contributed by atoms with E-state index < -0.39 is 17.9 Å².